The van der Waals surface area contributed by atoms with Crippen LogP contribution in [0.4, 0.5) is 5.69 Å². The number of benzene rings is 1. The molecule has 0 spiro atoms. The van der Waals surface area contributed by atoms with Crippen LogP contribution in [-0.2, 0) is 11.8 Å². The molecule has 1 aromatic heterocycles. The summed E-state index contributed by atoms with van der Waals surface area (Å²) in [5.41, 5.74) is 6.97. The number of anilines is 1. The van der Waals surface area contributed by atoms with Gasteiger partial charge in [0.2, 0.25) is 5.91 Å². The molecule has 7 heteroatoms. The van der Waals surface area contributed by atoms with Gasteiger partial charge in [-0.1, -0.05) is 18.6 Å². The third kappa shape index (κ3) is 2.40. The number of aromatic nitrogens is 4. The molecule has 0 atom stereocenters. The van der Waals surface area contributed by atoms with Crippen molar-refractivity contribution in [1.82, 2.24) is 20.2 Å². The topological polar surface area (TPSA) is 98.7 Å². The van der Waals surface area contributed by atoms with E-state index in [1.807, 2.05) is 24.3 Å². The lowest BCUT2D eigenvalue weighted by Crippen LogP contribution is -2.47. The van der Waals surface area contributed by atoms with Gasteiger partial charge in [0.25, 0.3) is 0 Å². The van der Waals surface area contributed by atoms with E-state index in [4.69, 9.17) is 5.73 Å². The van der Waals surface area contributed by atoms with Gasteiger partial charge in [0.05, 0.1) is 5.41 Å². The number of amides is 1. The third-order valence-corrected chi connectivity index (χ3v) is 4.18. The first-order valence-electron chi connectivity index (χ1n) is 6.99. The molecule has 110 valence electrons. The van der Waals surface area contributed by atoms with Crippen LogP contribution >= 0.6 is 0 Å². The molecule has 0 bridgehead atoms. The van der Waals surface area contributed by atoms with Crippen molar-refractivity contribution < 1.29 is 4.79 Å². The maximum Gasteiger partial charge on any atom is 0.231 e. The molecule has 7 nitrogen and oxygen atoms in total. The lowest BCUT2D eigenvalue weighted by Gasteiger charge is -2.39. The molecule has 1 saturated carbocycles. The maximum absolute atomic E-state index is 12.4. The van der Waals surface area contributed by atoms with Crippen molar-refractivity contribution >= 4 is 11.6 Å². The zero-order valence-corrected chi connectivity index (χ0v) is 11.9. The number of rotatable bonds is 4. The first-order chi connectivity index (χ1) is 10.1. The lowest BCUT2D eigenvalue weighted by atomic mass is 9.68. The minimum atomic E-state index is -0.387. The second-order valence-electron chi connectivity index (χ2n) is 5.50. The Labute approximate surface area is 122 Å². The van der Waals surface area contributed by atoms with E-state index >= 15 is 0 Å². The monoisotopic (exact) mass is 286 g/mol. The molecule has 1 aromatic carbocycles. The Balaban J connectivity index is 1.81. The van der Waals surface area contributed by atoms with Crippen LogP contribution in [-0.4, -0.2) is 32.7 Å². The highest BCUT2D eigenvalue weighted by Crippen LogP contribution is 2.40. The number of hydrogen-bond acceptors (Lipinski definition) is 5. The molecular formula is C14H18N6O. The summed E-state index contributed by atoms with van der Waals surface area (Å²) in [6.45, 7) is 0.395. The Morgan fingerprint density at radius 1 is 1.48 bits per heavy atom. The number of tetrazole rings is 1. The van der Waals surface area contributed by atoms with Crippen LogP contribution in [0.15, 0.2) is 24.3 Å². The van der Waals surface area contributed by atoms with Crippen molar-refractivity contribution in [2.45, 2.75) is 19.3 Å². The summed E-state index contributed by atoms with van der Waals surface area (Å²) in [5.74, 6) is 0.660. The second kappa shape index (κ2) is 5.25. The molecule has 3 rings (SSSR count). The lowest BCUT2D eigenvalue weighted by molar-refractivity contribution is -0.129. The molecule has 0 radical (unpaired) electrons. The highest BCUT2D eigenvalue weighted by Gasteiger charge is 2.42. The fraction of sp³-hybridized carbons (Fsp3) is 0.429. The van der Waals surface area contributed by atoms with Crippen LogP contribution in [0.5, 0.6) is 0 Å². The number of nitrogens with one attached hydrogen (secondary N) is 1. The van der Waals surface area contributed by atoms with Crippen molar-refractivity contribution in [2.75, 3.05) is 11.9 Å². The Bertz CT molecular complexity index is 655. The number of hydrogen-bond donors (Lipinski definition) is 2. The van der Waals surface area contributed by atoms with Crippen LogP contribution in [0, 0.1) is 5.41 Å². The SMILES string of the molecule is Cn1nnnc1-c1cccc(NC(=O)C2(CN)CCC2)c1. The average Bonchev–Trinajstić information content (AvgIpc) is 2.85. The maximum atomic E-state index is 12.4. The highest BCUT2D eigenvalue weighted by molar-refractivity contribution is 5.96. The summed E-state index contributed by atoms with van der Waals surface area (Å²) in [7, 11) is 1.78. The number of carbonyl (C=O) groups excluding carboxylic acids is 1. The number of carbonyl (C=O) groups is 1. The standard InChI is InChI=1S/C14H18N6O/c1-20-12(17-18-19-20)10-4-2-5-11(8-10)16-13(21)14(9-15)6-3-7-14/h2,4-5,8H,3,6-7,9,15H2,1H3,(H,16,21). The van der Waals surface area contributed by atoms with Gasteiger partial charge in [-0.25, -0.2) is 4.68 Å². The highest BCUT2D eigenvalue weighted by atomic mass is 16.2. The molecular weight excluding hydrogens is 268 g/mol. The van der Waals surface area contributed by atoms with E-state index in [-0.39, 0.29) is 11.3 Å². The zero-order chi connectivity index (χ0) is 14.9. The molecule has 3 N–H and O–H groups in total. The average molecular weight is 286 g/mol. The normalized spacial score (nSPS) is 16.3. The zero-order valence-electron chi connectivity index (χ0n) is 11.9. The van der Waals surface area contributed by atoms with Crippen LogP contribution in [0.2, 0.25) is 0 Å². The Morgan fingerprint density at radius 3 is 2.86 bits per heavy atom. The molecule has 1 heterocycles. The Kier molecular flexibility index (Phi) is 3.42. The van der Waals surface area contributed by atoms with E-state index in [2.05, 4.69) is 20.8 Å². The molecule has 0 unspecified atom stereocenters. The van der Waals surface area contributed by atoms with Gasteiger partial charge in [0, 0.05) is 24.8 Å². The quantitative estimate of drug-likeness (QED) is 0.871. The third-order valence-electron chi connectivity index (χ3n) is 4.18. The van der Waals surface area contributed by atoms with E-state index in [1.165, 1.54) is 0 Å². The summed E-state index contributed by atoms with van der Waals surface area (Å²) in [4.78, 5) is 12.4. The summed E-state index contributed by atoms with van der Waals surface area (Å²) < 4.78 is 1.59. The van der Waals surface area contributed by atoms with Gasteiger partial charge in [0.15, 0.2) is 5.82 Å². The van der Waals surface area contributed by atoms with E-state index in [9.17, 15) is 4.79 Å². The van der Waals surface area contributed by atoms with Crippen LogP contribution < -0.4 is 11.1 Å². The van der Waals surface area contributed by atoms with E-state index in [0.29, 0.717) is 12.4 Å². The molecule has 21 heavy (non-hydrogen) atoms. The first kappa shape index (κ1) is 13.7. The molecule has 1 aliphatic carbocycles. The van der Waals surface area contributed by atoms with Gasteiger partial charge >= 0.3 is 0 Å². The van der Waals surface area contributed by atoms with Crippen molar-refractivity contribution in [1.29, 1.82) is 0 Å². The fourth-order valence-corrected chi connectivity index (χ4v) is 2.60. The number of nitrogens with two attached hydrogens (primary N) is 1. The predicted octanol–water partition coefficient (Wildman–Crippen LogP) is 0.945. The van der Waals surface area contributed by atoms with Crippen molar-refractivity contribution in [3.8, 4) is 11.4 Å². The molecule has 0 saturated heterocycles. The van der Waals surface area contributed by atoms with Crippen molar-refractivity contribution in [3.05, 3.63) is 24.3 Å². The first-order valence-corrected chi connectivity index (χ1v) is 6.99. The smallest absolute Gasteiger partial charge is 0.231 e. The summed E-state index contributed by atoms with van der Waals surface area (Å²) >= 11 is 0. The van der Waals surface area contributed by atoms with Crippen LogP contribution in [0.25, 0.3) is 11.4 Å². The summed E-state index contributed by atoms with van der Waals surface area (Å²) in [6.07, 6.45) is 2.79. The summed E-state index contributed by atoms with van der Waals surface area (Å²) in [6, 6.07) is 7.50. The Morgan fingerprint density at radius 2 is 2.29 bits per heavy atom. The van der Waals surface area contributed by atoms with Gasteiger partial charge in [-0.15, -0.1) is 5.10 Å². The molecule has 2 aromatic rings. The molecule has 0 aliphatic heterocycles. The largest absolute Gasteiger partial charge is 0.329 e. The van der Waals surface area contributed by atoms with Crippen molar-refractivity contribution in [2.24, 2.45) is 18.2 Å². The molecule has 1 aliphatic rings. The van der Waals surface area contributed by atoms with E-state index in [1.54, 1.807) is 11.7 Å². The van der Waals surface area contributed by atoms with Crippen LogP contribution in [0.1, 0.15) is 19.3 Å². The van der Waals surface area contributed by atoms with E-state index < -0.39 is 0 Å². The Hall–Kier alpha value is -2.28. The van der Waals surface area contributed by atoms with Gasteiger partial charge in [0.1, 0.15) is 0 Å². The summed E-state index contributed by atoms with van der Waals surface area (Å²) in [5, 5.41) is 14.4. The van der Waals surface area contributed by atoms with Gasteiger partial charge < -0.3 is 11.1 Å². The fourth-order valence-electron chi connectivity index (χ4n) is 2.60. The molecule has 1 amide bonds. The van der Waals surface area contributed by atoms with Gasteiger partial charge in [-0.2, -0.15) is 0 Å². The number of aryl methyl sites for hydroxylation is 1. The minimum absolute atomic E-state index is 0.00416. The van der Waals surface area contributed by atoms with Gasteiger partial charge in [-0.05, 0) is 35.4 Å². The predicted molar refractivity (Wildman–Crippen MR) is 78.2 cm³/mol. The van der Waals surface area contributed by atoms with E-state index in [0.717, 1.165) is 30.5 Å². The van der Waals surface area contributed by atoms with Gasteiger partial charge in [-0.3, -0.25) is 4.79 Å². The number of nitrogens with zero attached hydrogens (tertiary/aromatic N) is 4. The second-order valence-corrected chi connectivity index (χ2v) is 5.50. The van der Waals surface area contributed by atoms with Crippen LogP contribution in [0.3, 0.4) is 0 Å². The molecule has 1 fully saturated rings. The van der Waals surface area contributed by atoms with Crippen molar-refractivity contribution in [3.63, 3.8) is 0 Å². The minimum Gasteiger partial charge on any atom is -0.329 e.